The molecule has 1 amide bonds. The highest BCUT2D eigenvalue weighted by molar-refractivity contribution is 9.10. The Morgan fingerprint density at radius 3 is 2.89 bits per heavy atom. The molecule has 0 unspecified atom stereocenters. The minimum absolute atomic E-state index is 0.0485. The fourth-order valence-electron chi connectivity index (χ4n) is 1.42. The largest absolute Gasteiger partial charge is 0.444 e. The molecule has 0 saturated carbocycles. The predicted octanol–water partition coefficient (Wildman–Crippen LogP) is 1.68. The number of thioether (sulfide) groups is 1. The molecule has 1 aliphatic heterocycles. The minimum Gasteiger partial charge on any atom is -0.444 e. The van der Waals surface area contributed by atoms with Crippen LogP contribution in [0.15, 0.2) is 21.2 Å². The van der Waals surface area contributed by atoms with Gasteiger partial charge in [0.05, 0.1) is 6.04 Å². The van der Waals surface area contributed by atoms with Crippen LogP contribution in [0, 0.1) is 0 Å². The van der Waals surface area contributed by atoms with Crippen LogP contribution in [0.2, 0.25) is 0 Å². The fourth-order valence-corrected chi connectivity index (χ4v) is 2.90. The number of thiocarbonyl (C=S) groups is 1. The van der Waals surface area contributed by atoms with Crippen molar-refractivity contribution in [2.75, 3.05) is 5.75 Å². The minimum atomic E-state index is -0.448. The lowest BCUT2D eigenvalue weighted by atomic mass is 10.2. The molecule has 18 heavy (non-hydrogen) atoms. The maximum Gasteiger partial charge on any atom is 0.293 e. The summed E-state index contributed by atoms with van der Waals surface area (Å²) < 4.78 is 5.55. The second kappa shape index (κ2) is 5.85. The molecule has 5 nitrogen and oxygen atoms in total. The summed E-state index contributed by atoms with van der Waals surface area (Å²) in [7, 11) is 0. The van der Waals surface area contributed by atoms with E-state index in [-0.39, 0.29) is 22.0 Å². The van der Waals surface area contributed by atoms with E-state index in [0.717, 1.165) is 5.75 Å². The lowest BCUT2D eigenvalue weighted by Crippen LogP contribution is -2.45. The number of furan rings is 1. The van der Waals surface area contributed by atoms with Crippen LogP contribution in [0.1, 0.15) is 17.0 Å². The second-order valence-electron chi connectivity index (χ2n) is 3.54. The van der Waals surface area contributed by atoms with Crippen LogP contribution in [-0.4, -0.2) is 27.9 Å². The van der Waals surface area contributed by atoms with E-state index in [1.165, 1.54) is 17.8 Å². The molecule has 2 N–H and O–H groups in total. The molecule has 2 heterocycles. The summed E-state index contributed by atoms with van der Waals surface area (Å²) in [5, 5.41) is 5.46. The van der Waals surface area contributed by atoms with Crippen molar-refractivity contribution in [3.05, 3.63) is 22.6 Å². The van der Waals surface area contributed by atoms with E-state index < -0.39 is 5.91 Å². The molecule has 0 radical (unpaired) electrons. The molecule has 1 aromatic heterocycles. The van der Waals surface area contributed by atoms with Gasteiger partial charge in [0.25, 0.3) is 5.91 Å². The Morgan fingerprint density at radius 1 is 1.56 bits per heavy atom. The van der Waals surface area contributed by atoms with Gasteiger partial charge in [-0.1, -0.05) is 11.8 Å². The zero-order valence-electron chi connectivity index (χ0n) is 9.07. The molecule has 8 heteroatoms. The highest BCUT2D eigenvalue weighted by Crippen LogP contribution is 2.19. The average molecular weight is 349 g/mol. The van der Waals surface area contributed by atoms with Gasteiger partial charge in [-0.15, -0.1) is 0 Å². The summed E-state index contributed by atoms with van der Waals surface area (Å²) in [6.45, 7) is 0. The molecule has 96 valence electrons. The number of amides is 1. The summed E-state index contributed by atoms with van der Waals surface area (Å²) in [4.78, 5) is 23.1. The van der Waals surface area contributed by atoms with Crippen molar-refractivity contribution in [1.82, 2.24) is 10.6 Å². The van der Waals surface area contributed by atoms with Crippen molar-refractivity contribution in [3.8, 4) is 0 Å². The molecule has 0 spiro atoms. The van der Waals surface area contributed by atoms with Gasteiger partial charge >= 0.3 is 0 Å². The number of halogens is 1. The summed E-state index contributed by atoms with van der Waals surface area (Å²) in [5.41, 5.74) is 0. The van der Waals surface area contributed by atoms with Crippen molar-refractivity contribution in [1.29, 1.82) is 0 Å². The monoisotopic (exact) mass is 348 g/mol. The number of nitrogens with one attached hydrogen (secondary N) is 2. The molecule has 2 rings (SSSR count). The van der Waals surface area contributed by atoms with E-state index in [0.29, 0.717) is 11.1 Å². The van der Waals surface area contributed by atoms with Crippen LogP contribution in [0.5, 0.6) is 0 Å². The van der Waals surface area contributed by atoms with Crippen LogP contribution < -0.4 is 10.6 Å². The SMILES string of the molecule is O=C(NC(=S)N[C@@H]1CCSC1=O)c1ccc(Br)o1. The Bertz CT molecular complexity index is 503. The molecular weight excluding hydrogens is 340 g/mol. The normalized spacial score (nSPS) is 18.7. The third-order valence-electron chi connectivity index (χ3n) is 2.26. The number of carbonyl (C=O) groups excluding carboxylic acids is 2. The molecule has 1 fully saturated rings. The molecular formula is C10H9BrN2O3S2. The molecule has 0 aromatic carbocycles. The van der Waals surface area contributed by atoms with E-state index >= 15 is 0 Å². The van der Waals surface area contributed by atoms with Crippen LogP contribution in [-0.2, 0) is 4.79 Å². The van der Waals surface area contributed by atoms with Crippen LogP contribution in [0.4, 0.5) is 0 Å². The fraction of sp³-hybridized carbons (Fsp3) is 0.300. The lowest BCUT2D eigenvalue weighted by Gasteiger charge is -2.12. The van der Waals surface area contributed by atoms with Gasteiger partial charge in [-0.2, -0.15) is 0 Å². The van der Waals surface area contributed by atoms with Crippen LogP contribution in [0.3, 0.4) is 0 Å². The molecule has 1 atom stereocenters. The second-order valence-corrected chi connectivity index (χ2v) is 5.83. The third-order valence-corrected chi connectivity index (χ3v) is 3.92. The summed E-state index contributed by atoms with van der Waals surface area (Å²) >= 11 is 9.34. The average Bonchev–Trinajstić information content (AvgIpc) is 2.89. The van der Waals surface area contributed by atoms with Gasteiger partial charge < -0.3 is 9.73 Å². The van der Waals surface area contributed by atoms with Gasteiger partial charge in [-0.3, -0.25) is 14.9 Å². The molecule has 1 aromatic rings. The number of carbonyl (C=O) groups is 2. The highest BCUT2D eigenvalue weighted by Gasteiger charge is 2.26. The molecule has 0 aliphatic carbocycles. The van der Waals surface area contributed by atoms with E-state index in [4.69, 9.17) is 16.6 Å². The van der Waals surface area contributed by atoms with Crippen molar-refractivity contribution in [2.24, 2.45) is 0 Å². The zero-order valence-corrected chi connectivity index (χ0v) is 12.3. The van der Waals surface area contributed by atoms with Crippen LogP contribution in [0.25, 0.3) is 0 Å². The third kappa shape index (κ3) is 3.33. The number of hydrogen-bond acceptors (Lipinski definition) is 5. The van der Waals surface area contributed by atoms with Crippen LogP contribution >= 0.6 is 39.9 Å². The molecule has 1 aliphatic rings. The lowest BCUT2D eigenvalue weighted by molar-refractivity contribution is -0.111. The van der Waals surface area contributed by atoms with Gasteiger partial charge in [0, 0.05) is 5.75 Å². The Kier molecular flexibility index (Phi) is 4.41. The van der Waals surface area contributed by atoms with Gasteiger partial charge in [0.1, 0.15) is 0 Å². The van der Waals surface area contributed by atoms with Crippen molar-refractivity contribution < 1.29 is 14.0 Å². The highest BCUT2D eigenvalue weighted by atomic mass is 79.9. The van der Waals surface area contributed by atoms with Crippen molar-refractivity contribution in [2.45, 2.75) is 12.5 Å². The standard InChI is InChI=1S/C10H9BrN2O3S2/c11-7-2-1-6(16-7)8(14)13-10(17)12-5-3-4-18-9(5)15/h1-2,5H,3-4H2,(H2,12,13,14,17)/t5-/m1/s1. The number of rotatable bonds is 2. The maximum absolute atomic E-state index is 11.7. The van der Waals surface area contributed by atoms with E-state index in [2.05, 4.69) is 26.6 Å². The summed E-state index contributed by atoms with van der Waals surface area (Å²) in [6, 6.07) is 2.83. The van der Waals surface area contributed by atoms with Gasteiger partial charge in [-0.25, -0.2) is 0 Å². The smallest absolute Gasteiger partial charge is 0.293 e. The summed E-state index contributed by atoms with van der Waals surface area (Å²) in [6.07, 6.45) is 0.714. The van der Waals surface area contributed by atoms with Crippen molar-refractivity contribution >= 4 is 56.0 Å². The number of hydrogen-bond donors (Lipinski definition) is 2. The summed E-state index contributed by atoms with van der Waals surface area (Å²) in [5.74, 6) is 0.479. The Labute approximate surface area is 121 Å². The zero-order chi connectivity index (χ0) is 13.1. The first-order valence-corrected chi connectivity index (χ1v) is 7.29. The Morgan fingerprint density at radius 2 is 2.33 bits per heavy atom. The first-order chi connectivity index (χ1) is 8.56. The predicted molar refractivity (Wildman–Crippen MR) is 75.5 cm³/mol. The van der Waals surface area contributed by atoms with E-state index in [9.17, 15) is 9.59 Å². The molecule has 1 saturated heterocycles. The topological polar surface area (TPSA) is 71.3 Å². The first kappa shape index (κ1) is 13.6. The molecule has 0 bridgehead atoms. The van der Waals surface area contributed by atoms with Gasteiger partial charge in [0.2, 0.25) is 5.12 Å². The van der Waals surface area contributed by atoms with Gasteiger partial charge in [0.15, 0.2) is 15.5 Å². The van der Waals surface area contributed by atoms with Crippen molar-refractivity contribution in [3.63, 3.8) is 0 Å². The van der Waals surface area contributed by atoms with Gasteiger partial charge in [-0.05, 0) is 46.7 Å². The quantitative estimate of drug-likeness (QED) is 0.792. The van der Waals surface area contributed by atoms with E-state index in [1.54, 1.807) is 6.07 Å². The maximum atomic E-state index is 11.7. The Hall–Kier alpha value is -0.860. The first-order valence-electron chi connectivity index (χ1n) is 5.10. The Balaban J connectivity index is 1.87. The van der Waals surface area contributed by atoms with E-state index in [1.807, 2.05) is 0 Å².